The summed E-state index contributed by atoms with van der Waals surface area (Å²) in [6, 6.07) is 12.6. The van der Waals surface area contributed by atoms with E-state index in [0.717, 1.165) is 11.3 Å². The number of esters is 1. The van der Waals surface area contributed by atoms with Crippen molar-refractivity contribution in [3.05, 3.63) is 63.6 Å². The van der Waals surface area contributed by atoms with Gasteiger partial charge in [0.25, 0.3) is 0 Å². The quantitative estimate of drug-likeness (QED) is 0.452. The van der Waals surface area contributed by atoms with Crippen LogP contribution in [0, 0.1) is 5.92 Å². The Morgan fingerprint density at radius 3 is 2.52 bits per heavy atom. The molecule has 2 aromatic carbocycles. The van der Waals surface area contributed by atoms with Crippen molar-refractivity contribution in [2.75, 3.05) is 7.11 Å². The van der Waals surface area contributed by atoms with Crippen molar-refractivity contribution in [3.8, 4) is 5.75 Å². The maximum atomic E-state index is 12.9. The molecular formula is C23H24Cl2N2O3S. The fourth-order valence-electron chi connectivity index (χ4n) is 3.21. The van der Waals surface area contributed by atoms with Crippen LogP contribution in [-0.2, 0) is 15.3 Å². The summed E-state index contributed by atoms with van der Waals surface area (Å²) in [5.41, 5.74) is 2.43. The number of halogens is 2. The fourth-order valence-corrected chi connectivity index (χ4v) is 4.52. The molecule has 0 aromatic heterocycles. The summed E-state index contributed by atoms with van der Waals surface area (Å²) in [6.07, 6.45) is -0.245. The molecule has 0 N–H and O–H groups in total. The number of amidine groups is 1. The molecule has 0 saturated heterocycles. The van der Waals surface area contributed by atoms with Crippen LogP contribution < -0.4 is 4.74 Å². The van der Waals surface area contributed by atoms with Crippen LogP contribution in [0.25, 0.3) is 0 Å². The lowest BCUT2D eigenvalue weighted by Crippen LogP contribution is -2.34. The third-order valence-electron chi connectivity index (χ3n) is 4.72. The summed E-state index contributed by atoms with van der Waals surface area (Å²) < 4.78 is 10.7. The first-order valence-corrected chi connectivity index (χ1v) is 11.6. The molecule has 2 aromatic rings. The van der Waals surface area contributed by atoms with E-state index in [9.17, 15) is 4.79 Å². The molecule has 8 heteroatoms. The van der Waals surface area contributed by atoms with E-state index in [4.69, 9.17) is 37.7 Å². The summed E-state index contributed by atoms with van der Waals surface area (Å²) >= 11 is 14.2. The van der Waals surface area contributed by atoms with Crippen molar-refractivity contribution in [1.29, 1.82) is 0 Å². The summed E-state index contributed by atoms with van der Waals surface area (Å²) in [4.78, 5) is 22.3. The summed E-state index contributed by atoms with van der Waals surface area (Å²) in [6.45, 7) is 5.45. The third-order valence-corrected chi connectivity index (χ3v) is 6.49. The van der Waals surface area contributed by atoms with E-state index in [1.165, 1.54) is 11.8 Å². The van der Waals surface area contributed by atoms with Gasteiger partial charge in [0.05, 0.1) is 29.3 Å². The minimum Gasteiger partial charge on any atom is -0.497 e. The summed E-state index contributed by atoms with van der Waals surface area (Å²) in [7, 11) is 1.64. The van der Waals surface area contributed by atoms with Crippen LogP contribution in [0.2, 0.25) is 10.0 Å². The van der Waals surface area contributed by atoms with Gasteiger partial charge in [0.2, 0.25) is 0 Å². The van der Waals surface area contributed by atoms with Crippen molar-refractivity contribution >= 4 is 51.8 Å². The number of methoxy groups -OCH3 is 1. The average Bonchev–Trinajstić information content (AvgIpc) is 2.73. The molecule has 164 valence electrons. The number of aliphatic imine (C=N–C) groups is 2. The van der Waals surface area contributed by atoms with E-state index in [-0.39, 0.29) is 12.1 Å². The van der Waals surface area contributed by atoms with Gasteiger partial charge >= 0.3 is 5.97 Å². The van der Waals surface area contributed by atoms with Crippen molar-refractivity contribution < 1.29 is 14.3 Å². The van der Waals surface area contributed by atoms with Gasteiger partial charge in [-0.2, -0.15) is 0 Å². The second kappa shape index (κ2) is 10.5. The smallest absolute Gasteiger partial charge is 0.317 e. The van der Waals surface area contributed by atoms with E-state index in [1.54, 1.807) is 19.2 Å². The molecule has 5 nitrogen and oxygen atoms in total. The van der Waals surface area contributed by atoms with E-state index >= 15 is 0 Å². The Morgan fingerprint density at radius 2 is 1.87 bits per heavy atom. The number of hydrogen-bond donors (Lipinski definition) is 0. The van der Waals surface area contributed by atoms with Gasteiger partial charge in [-0.3, -0.25) is 9.79 Å². The number of hydrogen-bond acceptors (Lipinski definition) is 6. The van der Waals surface area contributed by atoms with Crippen molar-refractivity contribution in [2.24, 2.45) is 15.9 Å². The van der Waals surface area contributed by atoms with Gasteiger partial charge in [-0.15, -0.1) is 0 Å². The SMILES string of the molecule is COc1ccc(CSC2=NC(c3cccc(Cl)c3Cl)C(C(=O)OC(C)C)C(C)=N2)cc1. The number of thioether (sulfide) groups is 1. The van der Waals surface area contributed by atoms with Crippen molar-refractivity contribution in [3.63, 3.8) is 0 Å². The van der Waals surface area contributed by atoms with Gasteiger partial charge in [0, 0.05) is 11.5 Å². The molecule has 0 aliphatic carbocycles. The zero-order chi connectivity index (χ0) is 22.5. The highest BCUT2D eigenvalue weighted by atomic mass is 35.5. The van der Waals surface area contributed by atoms with Crippen LogP contribution in [0.3, 0.4) is 0 Å². The van der Waals surface area contributed by atoms with Crippen LogP contribution in [0.5, 0.6) is 5.75 Å². The second-order valence-electron chi connectivity index (χ2n) is 7.35. The molecule has 2 unspecified atom stereocenters. The lowest BCUT2D eigenvalue weighted by Gasteiger charge is -2.28. The van der Waals surface area contributed by atoms with Crippen LogP contribution >= 0.6 is 35.0 Å². The molecule has 0 bridgehead atoms. The molecule has 1 aliphatic rings. The fraction of sp³-hybridized carbons (Fsp3) is 0.348. The van der Waals surface area contributed by atoms with Gasteiger partial charge in [0.15, 0.2) is 5.17 Å². The number of carbonyl (C=O) groups is 1. The molecule has 0 spiro atoms. The van der Waals surface area contributed by atoms with Gasteiger partial charge in [-0.1, -0.05) is 59.2 Å². The molecular weight excluding hydrogens is 455 g/mol. The first-order chi connectivity index (χ1) is 14.8. The molecule has 31 heavy (non-hydrogen) atoms. The zero-order valence-electron chi connectivity index (χ0n) is 17.8. The van der Waals surface area contributed by atoms with Gasteiger partial charge < -0.3 is 9.47 Å². The van der Waals surface area contributed by atoms with Crippen LogP contribution in [0.4, 0.5) is 0 Å². The standard InChI is InChI=1S/C23H24Cl2N2O3S/c1-13(2)30-22(28)19-14(3)26-23(31-12-15-8-10-16(29-4)11-9-15)27-21(19)17-6-5-7-18(24)20(17)25/h5-11,13,19,21H,12H2,1-4H3. The van der Waals surface area contributed by atoms with E-state index in [1.807, 2.05) is 51.1 Å². The molecule has 2 atom stereocenters. The van der Waals surface area contributed by atoms with Crippen molar-refractivity contribution in [1.82, 2.24) is 0 Å². The van der Waals surface area contributed by atoms with Crippen LogP contribution in [0.15, 0.2) is 52.4 Å². The summed E-state index contributed by atoms with van der Waals surface area (Å²) in [5.74, 6) is 0.445. The largest absolute Gasteiger partial charge is 0.497 e. The third kappa shape index (κ3) is 5.82. The van der Waals surface area contributed by atoms with Crippen LogP contribution in [0.1, 0.15) is 37.9 Å². The monoisotopic (exact) mass is 478 g/mol. The zero-order valence-corrected chi connectivity index (χ0v) is 20.1. The Balaban J connectivity index is 1.90. The van der Waals surface area contributed by atoms with E-state index in [0.29, 0.717) is 32.2 Å². The average molecular weight is 479 g/mol. The number of nitrogens with zero attached hydrogens (tertiary/aromatic N) is 2. The van der Waals surface area contributed by atoms with Gasteiger partial charge in [-0.25, -0.2) is 4.99 Å². The molecule has 0 radical (unpaired) electrons. The van der Waals surface area contributed by atoms with E-state index < -0.39 is 12.0 Å². The normalized spacial score (nSPS) is 18.4. The Bertz CT molecular complexity index is 1010. The number of benzene rings is 2. The predicted molar refractivity (Wildman–Crippen MR) is 129 cm³/mol. The maximum absolute atomic E-state index is 12.9. The van der Waals surface area contributed by atoms with Gasteiger partial charge in [-0.05, 0) is 50.1 Å². The molecule has 1 aliphatic heterocycles. The van der Waals surface area contributed by atoms with Crippen LogP contribution in [-0.4, -0.2) is 30.1 Å². The minimum atomic E-state index is -0.663. The first-order valence-electron chi connectivity index (χ1n) is 9.83. The minimum absolute atomic E-state index is 0.245. The second-order valence-corrected chi connectivity index (χ2v) is 9.08. The lowest BCUT2D eigenvalue weighted by atomic mass is 9.89. The Labute approximate surface area is 196 Å². The topological polar surface area (TPSA) is 60.2 Å². The lowest BCUT2D eigenvalue weighted by molar-refractivity contribution is -0.150. The first kappa shape index (κ1) is 23.6. The highest BCUT2D eigenvalue weighted by Gasteiger charge is 2.38. The summed E-state index contributed by atoms with van der Waals surface area (Å²) in [5, 5.41) is 1.38. The molecule has 3 rings (SSSR count). The van der Waals surface area contributed by atoms with Crippen molar-refractivity contribution in [2.45, 2.75) is 38.7 Å². The number of carbonyl (C=O) groups excluding carboxylic acids is 1. The predicted octanol–water partition coefficient (Wildman–Crippen LogP) is 6.37. The molecule has 0 fully saturated rings. The molecule has 1 heterocycles. The number of rotatable bonds is 6. The Kier molecular flexibility index (Phi) is 8.03. The highest BCUT2D eigenvalue weighted by Crippen LogP contribution is 2.39. The highest BCUT2D eigenvalue weighted by molar-refractivity contribution is 8.13. The van der Waals surface area contributed by atoms with Gasteiger partial charge in [0.1, 0.15) is 11.7 Å². The molecule has 0 saturated carbocycles. The van der Waals surface area contributed by atoms with E-state index in [2.05, 4.69) is 4.99 Å². The molecule has 0 amide bonds. The maximum Gasteiger partial charge on any atom is 0.317 e. The Morgan fingerprint density at radius 1 is 1.16 bits per heavy atom. The Hall–Kier alpha value is -2.02. The number of ether oxygens (including phenoxy) is 2.